The topological polar surface area (TPSA) is 26.0 Å². The van der Waals surface area contributed by atoms with E-state index < -0.39 is 0 Å². The smallest absolute Gasteiger partial charge is 0.137 e. The molecule has 2 unspecified atom stereocenters. The van der Waals surface area contributed by atoms with E-state index in [0.29, 0.717) is 10.4 Å². The van der Waals surface area contributed by atoms with Gasteiger partial charge < -0.3 is 5.73 Å². The van der Waals surface area contributed by atoms with Crippen molar-refractivity contribution in [1.82, 2.24) is 0 Å². The highest BCUT2D eigenvalue weighted by atomic mass is 79.9. The lowest BCUT2D eigenvalue weighted by Gasteiger charge is -2.21. The summed E-state index contributed by atoms with van der Waals surface area (Å²) in [6.45, 7) is 4.23. The fraction of sp³-hybridized carbons (Fsp3) is 0.500. The molecule has 1 aromatic rings. The van der Waals surface area contributed by atoms with E-state index in [1.807, 2.05) is 6.07 Å². The van der Waals surface area contributed by atoms with Gasteiger partial charge in [-0.2, -0.15) is 0 Å². The van der Waals surface area contributed by atoms with E-state index in [2.05, 4.69) is 29.8 Å². The summed E-state index contributed by atoms with van der Waals surface area (Å²) < 4.78 is 13.8. The van der Waals surface area contributed by atoms with Gasteiger partial charge in [0.2, 0.25) is 0 Å². The molecule has 0 aliphatic rings. The maximum Gasteiger partial charge on any atom is 0.137 e. The van der Waals surface area contributed by atoms with Crippen LogP contribution in [-0.4, -0.2) is 0 Å². The summed E-state index contributed by atoms with van der Waals surface area (Å²) >= 11 is 3.25. The van der Waals surface area contributed by atoms with Crippen LogP contribution in [0.3, 0.4) is 0 Å². The van der Waals surface area contributed by atoms with E-state index in [9.17, 15) is 4.39 Å². The molecule has 15 heavy (non-hydrogen) atoms. The molecule has 0 saturated carbocycles. The zero-order valence-electron chi connectivity index (χ0n) is 9.13. The third-order valence-electron chi connectivity index (χ3n) is 2.70. The first-order chi connectivity index (χ1) is 7.07. The Bertz CT molecular complexity index is 327. The Hall–Kier alpha value is -0.410. The van der Waals surface area contributed by atoms with Gasteiger partial charge in [0.05, 0.1) is 4.47 Å². The van der Waals surface area contributed by atoms with Crippen LogP contribution in [0.4, 0.5) is 4.39 Å². The number of nitrogens with two attached hydrogens (primary N) is 1. The van der Waals surface area contributed by atoms with Gasteiger partial charge in [0, 0.05) is 6.04 Å². The average molecular weight is 274 g/mol. The molecule has 1 aromatic carbocycles. The van der Waals surface area contributed by atoms with E-state index in [1.165, 1.54) is 6.07 Å². The molecule has 1 nitrogen and oxygen atoms in total. The Balaban J connectivity index is 2.90. The Kier molecular flexibility index (Phi) is 4.74. The third kappa shape index (κ3) is 3.02. The van der Waals surface area contributed by atoms with Crippen LogP contribution in [-0.2, 0) is 0 Å². The maximum atomic E-state index is 13.3. The van der Waals surface area contributed by atoms with Crippen molar-refractivity contribution in [2.45, 2.75) is 32.7 Å². The molecule has 2 atom stereocenters. The van der Waals surface area contributed by atoms with Crippen molar-refractivity contribution in [3.63, 3.8) is 0 Å². The highest BCUT2D eigenvalue weighted by Crippen LogP contribution is 2.30. The van der Waals surface area contributed by atoms with Crippen LogP contribution in [0.1, 0.15) is 38.3 Å². The van der Waals surface area contributed by atoms with Gasteiger partial charge in [-0.25, -0.2) is 4.39 Å². The lowest BCUT2D eigenvalue weighted by atomic mass is 9.92. The zero-order valence-corrected chi connectivity index (χ0v) is 10.7. The quantitative estimate of drug-likeness (QED) is 0.881. The van der Waals surface area contributed by atoms with Gasteiger partial charge in [0.1, 0.15) is 5.82 Å². The van der Waals surface area contributed by atoms with Gasteiger partial charge in [-0.1, -0.05) is 32.4 Å². The highest BCUT2D eigenvalue weighted by molar-refractivity contribution is 9.10. The Morgan fingerprint density at radius 1 is 1.47 bits per heavy atom. The fourth-order valence-electron chi connectivity index (χ4n) is 1.72. The van der Waals surface area contributed by atoms with E-state index in [4.69, 9.17) is 5.73 Å². The number of hydrogen-bond donors (Lipinski definition) is 1. The lowest BCUT2D eigenvalue weighted by Crippen LogP contribution is -2.19. The molecule has 0 spiro atoms. The number of halogens is 2. The average Bonchev–Trinajstić information content (AvgIpc) is 2.21. The molecule has 0 aliphatic carbocycles. The molecule has 0 fully saturated rings. The summed E-state index contributed by atoms with van der Waals surface area (Å²) in [4.78, 5) is 0. The molecule has 0 aromatic heterocycles. The summed E-state index contributed by atoms with van der Waals surface area (Å²) in [5.41, 5.74) is 6.96. The molecule has 84 valence electrons. The van der Waals surface area contributed by atoms with Crippen molar-refractivity contribution in [3.05, 3.63) is 34.1 Å². The maximum absolute atomic E-state index is 13.3. The van der Waals surface area contributed by atoms with Crippen LogP contribution in [0.2, 0.25) is 0 Å². The van der Waals surface area contributed by atoms with Gasteiger partial charge in [0.25, 0.3) is 0 Å². The second-order valence-corrected chi connectivity index (χ2v) is 4.73. The van der Waals surface area contributed by atoms with Crippen molar-refractivity contribution < 1.29 is 4.39 Å². The molecule has 2 N–H and O–H groups in total. The normalized spacial score (nSPS) is 15.0. The van der Waals surface area contributed by atoms with Crippen LogP contribution in [0.25, 0.3) is 0 Å². The molecule has 0 saturated heterocycles. The fourth-order valence-corrected chi connectivity index (χ4v) is 2.25. The van der Waals surface area contributed by atoms with Gasteiger partial charge in [-0.15, -0.1) is 0 Å². The Labute approximate surface area is 99.0 Å². The van der Waals surface area contributed by atoms with Crippen LogP contribution < -0.4 is 5.73 Å². The summed E-state index contributed by atoms with van der Waals surface area (Å²) in [7, 11) is 0. The first-order valence-electron chi connectivity index (χ1n) is 5.27. The molecule has 0 aliphatic heterocycles. The minimum Gasteiger partial charge on any atom is -0.324 e. The summed E-state index contributed by atoms with van der Waals surface area (Å²) in [6, 6.07) is 4.91. The molecule has 0 heterocycles. The summed E-state index contributed by atoms with van der Waals surface area (Å²) in [5.74, 6) is 0.125. The molecular weight excluding hydrogens is 257 g/mol. The number of hydrogen-bond acceptors (Lipinski definition) is 1. The van der Waals surface area contributed by atoms with Crippen molar-refractivity contribution in [2.24, 2.45) is 11.7 Å². The second kappa shape index (κ2) is 5.61. The Morgan fingerprint density at radius 3 is 2.73 bits per heavy atom. The standard InChI is InChI=1S/C12H17BrFN/c1-3-5-8(2)12(15)9-6-4-7-10(14)11(9)13/h4,6-8,12H,3,5,15H2,1-2H3. The monoisotopic (exact) mass is 273 g/mol. The molecule has 0 radical (unpaired) electrons. The van der Waals surface area contributed by atoms with Crippen molar-refractivity contribution >= 4 is 15.9 Å². The minimum absolute atomic E-state index is 0.102. The van der Waals surface area contributed by atoms with Gasteiger partial charge in [0.15, 0.2) is 0 Å². The molecule has 3 heteroatoms. The largest absolute Gasteiger partial charge is 0.324 e. The predicted octanol–water partition coefficient (Wildman–Crippen LogP) is 4.02. The van der Waals surface area contributed by atoms with Gasteiger partial charge in [-0.05, 0) is 39.9 Å². The van der Waals surface area contributed by atoms with Crippen molar-refractivity contribution in [1.29, 1.82) is 0 Å². The molecule has 0 amide bonds. The van der Waals surface area contributed by atoms with E-state index in [1.54, 1.807) is 6.07 Å². The van der Waals surface area contributed by atoms with E-state index in [0.717, 1.165) is 18.4 Å². The molecular formula is C12H17BrFN. The minimum atomic E-state index is -0.244. The van der Waals surface area contributed by atoms with Gasteiger partial charge in [-0.3, -0.25) is 0 Å². The first kappa shape index (κ1) is 12.7. The van der Waals surface area contributed by atoms with Crippen LogP contribution in [0, 0.1) is 11.7 Å². The van der Waals surface area contributed by atoms with Gasteiger partial charge >= 0.3 is 0 Å². The first-order valence-corrected chi connectivity index (χ1v) is 6.06. The van der Waals surface area contributed by atoms with E-state index >= 15 is 0 Å². The number of benzene rings is 1. The third-order valence-corrected chi connectivity index (χ3v) is 3.53. The van der Waals surface area contributed by atoms with Crippen molar-refractivity contribution in [3.8, 4) is 0 Å². The second-order valence-electron chi connectivity index (χ2n) is 3.93. The lowest BCUT2D eigenvalue weighted by molar-refractivity contribution is 0.430. The zero-order chi connectivity index (χ0) is 11.4. The molecule has 1 rings (SSSR count). The van der Waals surface area contributed by atoms with Crippen molar-refractivity contribution in [2.75, 3.05) is 0 Å². The number of rotatable bonds is 4. The van der Waals surface area contributed by atoms with Crippen LogP contribution >= 0.6 is 15.9 Å². The summed E-state index contributed by atoms with van der Waals surface area (Å²) in [6.07, 6.45) is 2.16. The molecule has 0 bridgehead atoms. The highest BCUT2D eigenvalue weighted by Gasteiger charge is 2.17. The van der Waals surface area contributed by atoms with Crippen LogP contribution in [0.5, 0.6) is 0 Å². The SMILES string of the molecule is CCCC(C)C(N)c1cccc(F)c1Br. The van der Waals surface area contributed by atoms with Crippen LogP contribution in [0.15, 0.2) is 22.7 Å². The van der Waals surface area contributed by atoms with E-state index in [-0.39, 0.29) is 11.9 Å². The summed E-state index contributed by atoms with van der Waals surface area (Å²) in [5, 5.41) is 0. The predicted molar refractivity (Wildman–Crippen MR) is 65.1 cm³/mol. The Morgan fingerprint density at radius 2 is 2.13 bits per heavy atom.